The van der Waals surface area contributed by atoms with E-state index in [0.29, 0.717) is 12.0 Å². The molecule has 2 rings (SSSR count). The molecule has 0 bridgehead atoms. The standard InChI is InChI=1S/C14H14FIN2/c15-12-7-3-1-5-10(12)9-14(18-17)11-6-2-4-8-13(11)16/h1-8,14,18H,9,17H2. The zero-order chi connectivity index (χ0) is 13.0. The molecule has 2 aromatic carbocycles. The van der Waals surface area contributed by atoms with Gasteiger partial charge in [0.05, 0.1) is 6.04 Å². The van der Waals surface area contributed by atoms with E-state index in [2.05, 4.69) is 28.0 Å². The molecule has 4 heteroatoms. The SMILES string of the molecule is NNC(Cc1ccccc1F)c1ccccc1I. The Morgan fingerprint density at radius 3 is 2.44 bits per heavy atom. The van der Waals surface area contributed by atoms with Gasteiger partial charge in [0.15, 0.2) is 0 Å². The fourth-order valence-electron chi connectivity index (χ4n) is 1.90. The molecule has 0 spiro atoms. The summed E-state index contributed by atoms with van der Waals surface area (Å²) in [7, 11) is 0. The Kier molecular flexibility index (Phi) is 4.68. The van der Waals surface area contributed by atoms with E-state index < -0.39 is 0 Å². The molecule has 0 aliphatic heterocycles. The van der Waals surface area contributed by atoms with Gasteiger partial charge in [-0.2, -0.15) is 0 Å². The van der Waals surface area contributed by atoms with Crippen LogP contribution in [0, 0.1) is 9.39 Å². The molecule has 3 N–H and O–H groups in total. The van der Waals surface area contributed by atoms with E-state index in [1.54, 1.807) is 12.1 Å². The van der Waals surface area contributed by atoms with Crippen LogP contribution in [-0.2, 0) is 6.42 Å². The Labute approximate surface area is 120 Å². The number of halogens is 2. The molecule has 1 unspecified atom stereocenters. The molecule has 0 aromatic heterocycles. The highest BCUT2D eigenvalue weighted by Crippen LogP contribution is 2.23. The van der Waals surface area contributed by atoms with Crippen LogP contribution in [0.2, 0.25) is 0 Å². The molecule has 0 aliphatic rings. The van der Waals surface area contributed by atoms with Crippen molar-refractivity contribution >= 4 is 22.6 Å². The lowest BCUT2D eigenvalue weighted by atomic mass is 9.99. The Balaban J connectivity index is 2.26. The summed E-state index contributed by atoms with van der Waals surface area (Å²) in [6.07, 6.45) is 0.531. The monoisotopic (exact) mass is 356 g/mol. The highest BCUT2D eigenvalue weighted by atomic mass is 127. The van der Waals surface area contributed by atoms with Crippen LogP contribution in [0.1, 0.15) is 17.2 Å². The van der Waals surface area contributed by atoms with Crippen molar-refractivity contribution in [1.29, 1.82) is 0 Å². The molecule has 0 saturated heterocycles. The van der Waals surface area contributed by atoms with Gasteiger partial charge in [0.2, 0.25) is 0 Å². The maximum Gasteiger partial charge on any atom is 0.126 e. The van der Waals surface area contributed by atoms with E-state index in [1.165, 1.54) is 6.07 Å². The van der Waals surface area contributed by atoms with Crippen LogP contribution >= 0.6 is 22.6 Å². The predicted molar refractivity (Wildman–Crippen MR) is 79.3 cm³/mol. The molecule has 2 aromatic rings. The minimum absolute atomic E-state index is 0.0880. The third-order valence-corrected chi connectivity index (χ3v) is 3.85. The fraction of sp³-hybridized carbons (Fsp3) is 0.143. The number of rotatable bonds is 4. The van der Waals surface area contributed by atoms with Crippen LogP contribution < -0.4 is 11.3 Å². The minimum atomic E-state index is -0.191. The lowest BCUT2D eigenvalue weighted by Gasteiger charge is -2.18. The highest BCUT2D eigenvalue weighted by molar-refractivity contribution is 14.1. The van der Waals surface area contributed by atoms with Gasteiger partial charge >= 0.3 is 0 Å². The van der Waals surface area contributed by atoms with Crippen molar-refractivity contribution in [3.63, 3.8) is 0 Å². The first-order valence-corrected chi connectivity index (χ1v) is 6.74. The second kappa shape index (κ2) is 6.26. The highest BCUT2D eigenvalue weighted by Gasteiger charge is 2.14. The van der Waals surface area contributed by atoms with Crippen LogP contribution in [0.15, 0.2) is 48.5 Å². The maximum absolute atomic E-state index is 13.6. The van der Waals surface area contributed by atoms with Crippen molar-refractivity contribution in [2.24, 2.45) is 5.84 Å². The summed E-state index contributed by atoms with van der Waals surface area (Å²) in [6, 6.07) is 14.7. The second-order valence-electron chi connectivity index (χ2n) is 4.04. The van der Waals surface area contributed by atoms with Crippen molar-refractivity contribution in [3.8, 4) is 0 Å². The van der Waals surface area contributed by atoms with E-state index in [1.807, 2.05) is 30.3 Å². The lowest BCUT2D eigenvalue weighted by molar-refractivity contribution is 0.527. The van der Waals surface area contributed by atoms with E-state index in [0.717, 1.165) is 9.13 Å². The number of nitrogens with one attached hydrogen (secondary N) is 1. The van der Waals surface area contributed by atoms with Gasteiger partial charge in [-0.3, -0.25) is 11.3 Å². The van der Waals surface area contributed by atoms with E-state index in [4.69, 9.17) is 5.84 Å². The van der Waals surface area contributed by atoms with Crippen molar-refractivity contribution in [1.82, 2.24) is 5.43 Å². The van der Waals surface area contributed by atoms with Crippen molar-refractivity contribution < 1.29 is 4.39 Å². The van der Waals surface area contributed by atoms with Crippen molar-refractivity contribution in [3.05, 3.63) is 69.0 Å². The van der Waals surface area contributed by atoms with Gasteiger partial charge < -0.3 is 0 Å². The van der Waals surface area contributed by atoms with Gasteiger partial charge in [-0.1, -0.05) is 36.4 Å². The second-order valence-corrected chi connectivity index (χ2v) is 5.20. The molecule has 1 atom stereocenters. The van der Waals surface area contributed by atoms with E-state index in [9.17, 15) is 4.39 Å². The molecule has 0 aliphatic carbocycles. The van der Waals surface area contributed by atoms with E-state index >= 15 is 0 Å². The normalized spacial score (nSPS) is 12.4. The Hall–Kier alpha value is -0.980. The van der Waals surface area contributed by atoms with Crippen LogP contribution in [0.4, 0.5) is 4.39 Å². The Morgan fingerprint density at radius 2 is 1.78 bits per heavy atom. The molecule has 0 amide bonds. The maximum atomic E-state index is 13.6. The first-order chi connectivity index (χ1) is 8.72. The molecule has 0 saturated carbocycles. The summed E-state index contributed by atoms with van der Waals surface area (Å²) in [6.45, 7) is 0. The molecule has 18 heavy (non-hydrogen) atoms. The topological polar surface area (TPSA) is 38.0 Å². The quantitative estimate of drug-likeness (QED) is 0.502. The summed E-state index contributed by atoms with van der Waals surface area (Å²) >= 11 is 2.26. The summed E-state index contributed by atoms with van der Waals surface area (Å²) in [5.41, 5.74) is 4.52. The molecule has 0 fully saturated rings. The third-order valence-electron chi connectivity index (χ3n) is 2.86. The molecule has 94 valence electrons. The van der Waals surface area contributed by atoms with Gasteiger partial charge in [-0.15, -0.1) is 0 Å². The summed E-state index contributed by atoms with van der Waals surface area (Å²) in [5, 5.41) is 0. The van der Waals surface area contributed by atoms with Crippen molar-refractivity contribution in [2.75, 3.05) is 0 Å². The zero-order valence-corrected chi connectivity index (χ0v) is 11.9. The predicted octanol–water partition coefficient (Wildman–Crippen LogP) is 3.18. The minimum Gasteiger partial charge on any atom is -0.271 e. The Morgan fingerprint density at radius 1 is 1.11 bits per heavy atom. The third kappa shape index (κ3) is 3.07. The number of hydrogen-bond acceptors (Lipinski definition) is 2. The van der Waals surface area contributed by atoms with Gasteiger partial charge in [0.1, 0.15) is 5.82 Å². The zero-order valence-electron chi connectivity index (χ0n) is 9.74. The lowest BCUT2D eigenvalue weighted by Crippen LogP contribution is -2.30. The molecule has 0 heterocycles. The van der Waals surface area contributed by atoms with Crippen LogP contribution in [0.25, 0.3) is 0 Å². The van der Waals surface area contributed by atoms with Gasteiger partial charge in [-0.05, 0) is 52.3 Å². The summed E-state index contributed by atoms with van der Waals surface area (Å²) in [4.78, 5) is 0. The number of hydrazine groups is 1. The first kappa shape index (κ1) is 13.5. The number of nitrogens with two attached hydrogens (primary N) is 1. The van der Waals surface area contributed by atoms with Crippen LogP contribution in [0.3, 0.4) is 0 Å². The van der Waals surface area contributed by atoms with Crippen molar-refractivity contribution in [2.45, 2.75) is 12.5 Å². The fourth-order valence-corrected chi connectivity index (χ4v) is 2.66. The molecule has 2 nitrogen and oxygen atoms in total. The summed E-state index contributed by atoms with van der Waals surface area (Å²) in [5.74, 6) is 5.40. The largest absolute Gasteiger partial charge is 0.271 e. The first-order valence-electron chi connectivity index (χ1n) is 5.66. The van der Waals surface area contributed by atoms with Crippen LogP contribution in [0.5, 0.6) is 0 Å². The smallest absolute Gasteiger partial charge is 0.126 e. The molecular weight excluding hydrogens is 342 g/mol. The van der Waals surface area contributed by atoms with Gasteiger partial charge in [0, 0.05) is 3.57 Å². The molecular formula is C14H14FIN2. The number of benzene rings is 2. The molecule has 0 radical (unpaired) electrons. The van der Waals surface area contributed by atoms with E-state index in [-0.39, 0.29) is 11.9 Å². The van der Waals surface area contributed by atoms with Gasteiger partial charge in [-0.25, -0.2) is 4.39 Å². The van der Waals surface area contributed by atoms with Crippen LogP contribution in [-0.4, -0.2) is 0 Å². The Bertz CT molecular complexity index is 531. The summed E-state index contributed by atoms with van der Waals surface area (Å²) < 4.78 is 14.8. The average Bonchev–Trinajstić information content (AvgIpc) is 2.39. The van der Waals surface area contributed by atoms with Gasteiger partial charge in [0.25, 0.3) is 0 Å². The average molecular weight is 356 g/mol. The number of hydrogen-bond donors (Lipinski definition) is 2.